The van der Waals surface area contributed by atoms with Gasteiger partial charge >= 0.3 is 0 Å². The molecule has 2 aromatic heterocycles. The van der Waals surface area contributed by atoms with Crippen molar-refractivity contribution in [2.45, 2.75) is 45.6 Å². The second kappa shape index (κ2) is 12.1. The first-order valence-electron chi connectivity index (χ1n) is 9.88. The normalized spacial score (nSPS) is 16.0. The van der Waals surface area contributed by atoms with Crippen molar-refractivity contribution in [1.29, 1.82) is 0 Å². The van der Waals surface area contributed by atoms with E-state index < -0.39 is 0 Å². The van der Waals surface area contributed by atoms with Crippen LogP contribution >= 0.6 is 46.7 Å². The number of guanidine groups is 1. The fraction of sp³-hybridized carbons (Fsp3) is 0.600. The zero-order valence-corrected chi connectivity index (χ0v) is 21.0. The quantitative estimate of drug-likeness (QED) is 0.315. The summed E-state index contributed by atoms with van der Waals surface area (Å²) in [6.45, 7) is 8.81. The smallest absolute Gasteiger partial charge is 0.191 e. The molecule has 0 aliphatic carbocycles. The summed E-state index contributed by atoms with van der Waals surface area (Å²) >= 11 is 3.55. The van der Waals surface area contributed by atoms with E-state index >= 15 is 0 Å². The molecule has 1 aliphatic heterocycles. The molecule has 1 aliphatic rings. The average molecular weight is 534 g/mol. The van der Waals surface area contributed by atoms with E-state index in [0.29, 0.717) is 6.04 Å². The fourth-order valence-corrected chi connectivity index (χ4v) is 5.09. The third-order valence-electron chi connectivity index (χ3n) is 4.89. The van der Waals surface area contributed by atoms with Gasteiger partial charge < -0.3 is 15.5 Å². The predicted octanol–water partition coefficient (Wildman–Crippen LogP) is 4.38. The molecule has 2 aromatic rings. The number of aryl methyl sites for hydroxylation is 1. The van der Waals surface area contributed by atoms with Gasteiger partial charge in [0.2, 0.25) is 0 Å². The molecule has 0 bridgehead atoms. The molecule has 0 radical (unpaired) electrons. The van der Waals surface area contributed by atoms with Crippen molar-refractivity contribution >= 4 is 52.6 Å². The van der Waals surface area contributed by atoms with Crippen LogP contribution in [0.2, 0.25) is 0 Å². The first kappa shape index (κ1) is 23.6. The minimum Gasteiger partial charge on any atom is -0.356 e. The van der Waals surface area contributed by atoms with Crippen LogP contribution in [0.4, 0.5) is 0 Å². The molecule has 5 nitrogen and oxygen atoms in total. The Kier molecular flexibility index (Phi) is 10.2. The molecule has 0 aromatic carbocycles. The summed E-state index contributed by atoms with van der Waals surface area (Å²) in [6.07, 6.45) is 4.64. The first-order valence-corrected chi connectivity index (χ1v) is 11.6. The largest absolute Gasteiger partial charge is 0.356 e. The van der Waals surface area contributed by atoms with Gasteiger partial charge in [-0.05, 0) is 51.3 Å². The molecular formula is C20H32IN5S2. The number of hydrogen-bond donors (Lipinski definition) is 2. The van der Waals surface area contributed by atoms with Gasteiger partial charge in [0.25, 0.3) is 0 Å². The Labute approximate surface area is 194 Å². The van der Waals surface area contributed by atoms with E-state index in [0.717, 1.165) is 29.6 Å². The topological polar surface area (TPSA) is 52.5 Å². The molecule has 28 heavy (non-hydrogen) atoms. The standard InChI is InChI=1S/C20H31N5S2.HI/c1-4-11-25-12-8-16(9-13-25)24-20(21-3)22-10-7-17-5-6-19(27-17)18-14-26-15(2)23-18;/h5-6,14,16H,4,7-13H2,1-3H3,(H2,21,22,24);1H. The number of halogens is 1. The maximum atomic E-state index is 4.58. The molecule has 3 rings (SSSR count). The van der Waals surface area contributed by atoms with Gasteiger partial charge in [0.15, 0.2) is 5.96 Å². The lowest BCUT2D eigenvalue weighted by molar-refractivity contribution is 0.206. The van der Waals surface area contributed by atoms with Crippen molar-refractivity contribution in [3.05, 3.63) is 27.4 Å². The van der Waals surface area contributed by atoms with Crippen molar-refractivity contribution in [2.75, 3.05) is 33.2 Å². The van der Waals surface area contributed by atoms with Crippen LogP contribution in [0.25, 0.3) is 10.6 Å². The van der Waals surface area contributed by atoms with Crippen molar-refractivity contribution in [3.63, 3.8) is 0 Å². The molecule has 0 spiro atoms. The van der Waals surface area contributed by atoms with Crippen LogP contribution < -0.4 is 10.6 Å². The Morgan fingerprint density at radius 1 is 1.32 bits per heavy atom. The Balaban J connectivity index is 0.00000280. The fourth-order valence-electron chi connectivity index (χ4n) is 3.44. The lowest BCUT2D eigenvalue weighted by Crippen LogP contribution is -2.49. The molecule has 8 heteroatoms. The minimum atomic E-state index is 0. The number of hydrogen-bond acceptors (Lipinski definition) is 5. The number of nitrogens with one attached hydrogen (secondary N) is 2. The summed E-state index contributed by atoms with van der Waals surface area (Å²) in [5.41, 5.74) is 1.11. The number of thiazole rings is 1. The predicted molar refractivity (Wildman–Crippen MR) is 134 cm³/mol. The van der Waals surface area contributed by atoms with E-state index in [2.05, 4.69) is 56.9 Å². The van der Waals surface area contributed by atoms with Crippen LogP contribution in [0, 0.1) is 6.92 Å². The lowest BCUT2D eigenvalue weighted by Gasteiger charge is -2.32. The third-order valence-corrected chi connectivity index (χ3v) is 6.83. The Morgan fingerprint density at radius 3 is 2.75 bits per heavy atom. The van der Waals surface area contributed by atoms with Crippen molar-refractivity contribution in [1.82, 2.24) is 20.5 Å². The third kappa shape index (κ3) is 6.96. The van der Waals surface area contributed by atoms with Crippen molar-refractivity contribution < 1.29 is 0 Å². The number of thiophene rings is 1. The number of rotatable bonds is 7. The number of aromatic nitrogens is 1. The number of likely N-dealkylation sites (tertiary alicyclic amines) is 1. The monoisotopic (exact) mass is 533 g/mol. The molecule has 1 saturated heterocycles. The van der Waals surface area contributed by atoms with E-state index in [9.17, 15) is 0 Å². The van der Waals surface area contributed by atoms with Crippen LogP contribution in [0.15, 0.2) is 22.5 Å². The Morgan fingerprint density at radius 2 is 2.11 bits per heavy atom. The van der Waals surface area contributed by atoms with Gasteiger partial charge in [0, 0.05) is 43.0 Å². The maximum Gasteiger partial charge on any atom is 0.191 e. The Hall–Kier alpha value is -0.710. The molecule has 0 saturated carbocycles. The Bertz CT molecular complexity index is 735. The second-order valence-corrected chi connectivity index (χ2v) is 9.26. The highest BCUT2D eigenvalue weighted by Gasteiger charge is 2.19. The molecule has 2 N–H and O–H groups in total. The van der Waals surface area contributed by atoms with Crippen LogP contribution in [0.3, 0.4) is 0 Å². The van der Waals surface area contributed by atoms with E-state index in [-0.39, 0.29) is 24.0 Å². The first-order chi connectivity index (χ1) is 13.2. The number of piperidine rings is 1. The van der Waals surface area contributed by atoms with E-state index in [1.807, 2.05) is 18.4 Å². The van der Waals surface area contributed by atoms with Gasteiger partial charge in [0.1, 0.15) is 0 Å². The van der Waals surface area contributed by atoms with Crippen LogP contribution in [-0.4, -0.2) is 55.1 Å². The number of aliphatic imine (C=N–C) groups is 1. The highest BCUT2D eigenvalue weighted by Crippen LogP contribution is 2.29. The zero-order chi connectivity index (χ0) is 19.1. The second-order valence-electron chi connectivity index (χ2n) is 7.03. The van der Waals surface area contributed by atoms with E-state index in [1.54, 1.807) is 11.3 Å². The van der Waals surface area contributed by atoms with Crippen molar-refractivity contribution in [2.24, 2.45) is 4.99 Å². The van der Waals surface area contributed by atoms with E-state index in [1.165, 1.54) is 48.7 Å². The molecular weight excluding hydrogens is 501 g/mol. The maximum absolute atomic E-state index is 4.58. The van der Waals surface area contributed by atoms with Gasteiger partial charge in [-0.3, -0.25) is 4.99 Å². The van der Waals surface area contributed by atoms with Gasteiger partial charge in [-0.2, -0.15) is 0 Å². The highest BCUT2D eigenvalue weighted by molar-refractivity contribution is 14.0. The summed E-state index contributed by atoms with van der Waals surface area (Å²) in [7, 11) is 1.86. The molecule has 1 fully saturated rings. The summed E-state index contributed by atoms with van der Waals surface area (Å²) in [6, 6.07) is 4.94. The van der Waals surface area contributed by atoms with Gasteiger partial charge in [-0.1, -0.05) is 6.92 Å². The summed E-state index contributed by atoms with van der Waals surface area (Å²) < 4.78 is 0. The summed E-state index contributed by atoms with van der Waals surface area (Å²) in [5.74, 6) is 0.927. The average Bonchev–Trinajstić information content (AvgIpc) is 3.31. The molecule has 3 heterocycles. The summed E-state index contributed by atoms with van der Waals surface area (Å²) in [5, 5.41) is 10.3. The SMILES string of the molecule is CCCN1CCC(NC(=NC)NCCc2ccc(-c3csc(C)n3)s2)CC1.I. The van der Waals surface area contributed by atoms with Crippen LogP contribution in [0.5, 0.6) is 0 Å². The van der Waals surface area contributed by atoms with Gasteiger partial charge in [-0.25, -0.2) is 4.98 Å². The van der Waals surface area contributed by atoms with Crippen LogP contribution in [-0.2, 0) is 6.42 Å². The zero-order valence-electron chi connectivity index (χ0n) is 17.0. The van der Waals surface area contributed by atoms with E-state index in [4.69, 9.17) is 0 Å². The lowest BCUT2D eigenvalue weighted by atomic mass is 10.1. The van der Waals surface area contributed by atoms with Crippen molar-refractivity contribution in [3.8, 4) is 10.6 Å². The highest BCUT2D eigenvalue weighted by atomic mass is 127. The molecule has 0 atom stereocenters. The van der Waals surface area contributed by atoms with Gasteiger partial charge in [-0.15, -0.1) is 46.7 Å². The van der Waals surface area contributed by atoms with Crippen LogP contribution in [0.1, 0.15) is 36.1 Å². The summed E-state index contributed by atoms with van der Waals surface area (Å²) in [4.78, 5) is 14.2. The molecule has 156 valence electrons. The minimum absolute atomic E-state index is 0. The van der Waals surface area contributed by atoms with Gasteiger partial charge in [0.05, 0.1) is 15.6 Å². The molecule has 0 unspecified atom stereocenters. The number of nitrogens with zero attached hydrogens (tertiary/aromatic N) is 3. The molecule has 0 amide bonds.